The van der Waals surface area contributed by atoms with Crippen LogP contribution in [0.3, 0.4) is 0 Å². The van der Waals surface area contributed by atoms with Crippen LogP contribution in [0.15, 0.2) is 0 Å². The summed E-state index contributed by atoms with van der Waals surface area (Å²) in [5.74, 6) is -0.684. The van der Waals surface area contributed by atoms with Crippen molar-refractivity contribution in [2.75, 3.05) is 39.6 Å². The van der Waals surface area contributed by atoms with Crippen LogP contribution in [0.1, 0.15) is 388 Å². The first kappa shape index (κ1) is 92.1. The topological polar surface area (TPSA) is 237 Å². The molecule has 0 aliphatic rings. The minimum atomic E-state index is -4.96. The molecule has 0 aliphatic carbocycles. The highest BCUT2D eigenvalue weighted by Crippen LogP contribution is 2.45. The molecular weight excluding hydrogens is 1230 g/mol. The second-order valence-electron chi connectivity index (χ2n) is 28.0. The third-order valence-corrected chi connectivity index (χ3v) is 19.4. The summed E-state index contributed by atoms with van der Waals surface area (Å²) in [5, 5.41) is 10.6. The van der Waals surface area contributed by atoms with E-state index in [1.165, 1.54) is 205 Å². The molecule has 0 fully saturated rings. The molecule has 0 amide bonds. The molecule has 5 atom stereocenters. The Hall–Kier alpha value is -1.94. The van der Waals surface area contributed by atoms with Crippen molar-refractivity contribution in [1.29, 1.82) is 0 Å². The molecule has 0 rings (SSSR count). The number of carbonyl (C=O) groups excluding carboxylic acids is 4. The Bertz CT molecular complexity index is 1820. The van der Waals surface area contributed by atoms with Crippen molar-refractivity contribution in [1.82, 2.24) is 0 Å². The molecule has 0 radical (unpaired) electrons. The summed E-state index contributed by atoms with van der Waals surface area (Å²) in [5.41, 5.74) is 0. The fraction of sp³-hybridized carbons (Fsp3) is 0.947. The molecule has 2 unspecified atom stereocenters. The van der Waals surface area contributed by atoms with Crippen molar-refractivity contribution in [3.8, 4) is 0 Å². The molecular formula is C75H146O17P2. The summed E-state index contributed by atoms with van der Waals surface area (Å²) >= 11 is 0. The van der Waals surface area contributed by atoms with Gasteiger partial charge in [0.1, 0.15) is 19.3 Å². The summed E-state index contributed by atoms with van der Waals surface area (Å²) in [6, 6.07) is 0. The lowest BCUT2D eigenvalue weighted by Crippen LogP contribution is -2.30. The van der Waals surface area contributed by atoms with Crippen LogP contribution in [-0.2, 0) is 65.4 Å². The third-order valence-electron chi connectivity index (χ3n) is 17.5. The average Bonchev–Trinajstić information content (AvgIpc) is 1.62. The molecule has 0 aromatic rings. The molecule has 0 aliphatic heterocycles. The summed E-state index contributed by atoms with van der Waals surface area (Å²) in [6.07, 6.45) is 54.5. The van der Waals surface area contributed by atoms with Crippen LogP contribution in [0, 0.1) is 11.8 Å². The Kier molecular flexibility index (Phi) is 65.5. The first-order valence-corrected chi connectivity index (χ1v) is 42.0. The zero-order valence-corrected chi connectivity index (χ0v) is 63.1. The number of carbonyl (C=O) groups is 4. The lowest BCUT2D eigenvalue weighted by Gasteiger charge is -2.21. The molecule has 0 aromatic heterocycles. The smallest absolute Gasteiger partial charge is 0.462 e. The Morgan fingerprint density at radius 2 is 0.489 bits per heavy atom. The van der Waals surface area contributed by atoms with Gasteiger partial charge in [0.2, 0.25) is 0 Å². The van der Waals surface area contributed by atoms with Gasteiger partial charge < -0.3 is 33.8 Å². The Balaban J connectivity index is 5.15. The lowest BCUT2D eigenvalue weighted by molar-refractivity contribution is -0.161. The van der Waals surface area contributed by atoms with E-state index in [9.17, 15) is 43.2 Å². The van der Waals surface area contributed by atoms with Crippen LogP contribution in [0.4, 0.5) is 0 Å². The number of unbranched alkanes of at least 4 members (excludes halogenated alkanes) is 44. The molecule has 0 aromatic carbocycles. The number of rotatable bonds is 74. The maximum absolute atomic E-state index is 13.1. The van der Waals surface area contributed by atoms with Crippen molar-refractivity contribution in [2.24, 2.45) is 11.8 Å². The summed E-state index contributed by atoms with van der Waals surface area (Å²) in [7, 11) is -9.90. The van der Waals surface area contributed by atoms with Crippen molar-refractivity contribution in [3.05, 3.63) is 0 Å². The molecule has 0 bridgehead atoms. The second kappa shape index (κ2) is 66.9. The normalized spacial score (nSPS) is 14.0. The molecule has 3 N–H and O–H groups in total. The van der Waals surface area contributed by atoms with Crippen molar-refractivity contribution in [3.63, 3.8) is 0 Å². The predicted molar refractivity (Wildman–Crippen MR) is 381 cm³/mol. The number of hydrogen-bond acceptors (Lipinski definition) is 15. The van der Waals surface area contributed by atoms with Gasteiger partial charge in [0.25, 0.3) is 0 Å². The van der Waals surface area contributed by atoms with Gasteiger partial charge in [0.05, 0.1) is 26.4 Å². The van der Waals surface area contributed by atoms with Gasteiger partial charge in [0.15, 0.2) is 12.2 Å². The van der Waals surface area contributed by atoms with E-state index in [2.05, 4.69) is 41.5 Å². The molecule has 0 heterocycles. The van der Waals surface area contributed by atoms with Crippen LogP contribution in [-0.4, -0.2) is 96.7 Å². The van der Waals surface area contributed by atoms with Crippen molar-refractivity contribution >= 4 is 39.5 Å². The molecule has 94 heavy (non-hydrogen) atoms. The Labute approximate surface area is 575 Å². The van der Waals surface area contributed by atoms with E-state index in [0.717, 1.165) is 95.8 Å². The summed E-state index contributed by atoms with van der Waals surface area (Å²) in [4.78, 5) is 72.6. The fourth-order valence-electron chi connectivity index (χ4n) is 11.5. The number of ether oxygens (including phenoxy) is 4. The van der Waals surface area contributed by atoms with Crippen LogP contribution in [0.2, 0.25) is 0 Å². The quantitative estimate of drug-likeness (QED) is 0.0222. The van der Waals surface area contributed by atoms with Gasteiger partial charge in [-0.15, -0.1) is 0 Å². The standard InChI is InChI=1S/C75H146O17P2/c1-7-9-11-13-15-17-18-19-20-21-22-23-24-25-26-27-28-31-36-40-47-53-59-74(79)91-70(63-86-73(78)58-52-46-39-35-32-29-30-34-37-43-49-55-67(3)4)65-89-93(81,82)87-61-69(76)62-88-94(83,84)90-66-71(92-75(80)60-54-48-42-41-44-50-56-68(5)6)64-85-72(77)57-51-45-38-33-16-14-12-10-8-2/h67-71,76H,7-66H2,1-6H3,(H,81,82)(H,83,84)/t69-,70-,71-/m1/s1. The fourth-order valence-corrected chi connectivity index (χ4v) is 13.1. The molecule has 558 valence electrons. The maximum atomic E-state index is 13.1. The Morgan fingerprint density at radius 3 is 0.723 bits per heavy atom. The zero-order chi connectivity index (χ0) is 69.3. The predicted octanol–water partition coefficient (Wildman–Crippen LogP) is 21.9. The van der Waals surface area contributed by atoms with E-state index in [4.69, 9.17) is 37.0 Å². The molecule has 0 spiro atoms. The zero-order valence-electron chi connectivity index (χ0n) is 61.3. The van der Waals surface area contributed by atoms with Gasteiger partial charge in [-0.25, -0.2) is 9.13 Å². The van der Waals surface area contributed by atoms with Crippen LogP contribution in [0.5, 0.6) is 0 Å². The number of phosphoric ester groups is 2. The van der Waals surface area contributed by atoms with Gasteiger partial charge in [0, 0.05) is 25.7 Å². The van der Waals surface area contributed by atoms with Crippen LogP contribution in [0.25, 0.3) is 0 Å². The highest BCUT2D eigenvalue weighted by Gasteiger charge is 2.30. The van der Waals surface area contributed by atoms with Gasteiger partial charge in [-0.3, -0.25) is 37.3 Å². The van der Waals surface area contributed by atoms with Gasteiger partial charge in [-0.05, 0) is 37.5 Å². The number of esters is 4. The minimum Gasteiger partial charge on any atom is -0.462 e. The first-order valence-electron chi connectivity index (χ1n) is 39.0. The maximum Gasteiger partial charge on any atom is 0.472 e. The SMILES string of the molecule is CCCCCCCCCCCCCCCCCCCCCCCCC(=O)O[C@H](COC(=O)CCCCCCCCCCCCCC(C)C)COP(=O)(O)OC[C@@H](O)COP(=O)(O)OC[C@@H](COC(=O)CCCCCCCCCCC)OC(=O)CCCCCCCCC(C)C. The largest absolute Gasteiger partial charge is 0.472 e. The highest BCUT2D eigenvalue weighted by atomic mass is 31.2. The van der Waals surface area contributed by atoms with Crippen molar-refractivity contribution in [2.45, 2.75) is 407 Å². The number of aliphatic hydroxyl groups excluding tert-OH is 1. The average molecular weight is 1380 g/mol. The number of phosphoric acid groups is 2. The van der Waals surface area contributed by atoms with E-state index < -0.39 is 97.5 Å². The minimum absolute atomic E-state index is 0.102. The van der Waals surface area contributed by atoms with Gasteiger partial charge in [-0.1, -0.05) is 337 Å². The molecule has 0 saturated heterocycles. The molecule has 17 nitrogen and oxygen atoms in total. The van der Waals surface area contributed by atoms with Crippen LogP contribution >= 0.6 is 15.6 Å². The monoisotopic (exact) mass is 1380 g/mol. The second-order valence-corrected chi connectivity index (χ2v) is 30.9. The van der Waals surface area contributed by atoms with Crippen molar-refractivity contribution < 1.29 is 80.2 Å². The van der Waals surface area contributed by atoms with E-state index in [0.29, 0.717) is 31.6 Å². The van der Waals surface area contributed by atoms with E-state index in [1.807, 2.05) is 0 Å². The lowest BCUT2D eigenvalue weighted by atomic mass is 10.0. The molecule has 0 saturated carbocycles. The highest BCUT2D eigenvalue weighted by molar-refractivity contribution is 7.47. The number of aliphatic hydroxyl groups is 1. The van der Waals surface area contributed by atoms with E-state index in [1.54, 1.807) is 0 Å². The molecule has 19 heteroatoms. The third kappa shape index (κ3) is 68.6. The Morgan fingerprint density at radius 1 is 0.287 bits per heavy atom. The van der Waals surface area contributed by atoms with Crippen LogP contribution < -0.4 is 0 Å². The van der Waals surface area contributed by atoms with E-state index >= 15 is 0 Å². The van der Waals surface area contributed by atoms with Gasteiger partial charge in [-0.2, -0.15) is 0 Å². The first-order chi connectivity index (χ1) is 45.4. The van der Waals surface area contributed by atoms with Gasteiger partial charge >= 0.3 is 39.5 Å². The summed E-state index contributed by atoms with van der Waals surface area (Å²) in [6.45, 7) is 9.47. The van der Waals surface area contributed by atoms with E-state index in [-0.39, 0.29) is 25.7 Å². The number of hydrogen-bond donors (Lipinski definition) is 3. The summed E-state index contributed by atoms with van der Waals surface area (Å²) < 4.78 is 68.3.